The molecule has 132 valence electrons. The van der Waals surface area contributed by atoms with Gasteiger partial charge in [-0.15, -0.1) is 18.3 Å². The first-order valence-corrected chi connectivity index (χ1v) is 8.63. The molecule has 8 heteroatoms. The Labute approximate surface area is 153 Å². The van der Waals surface area contributed by atoms with E-state index in [-0.39, 0.29) is 17.8 Å². The van der Waals surface area contributed by atoms with E-state index in [0.717, 1.165) is 4.90 Å². The predicted molar refractivity (Wildman–Crippen MR) is 96.9 cm³/mol. The molecule has 0 fully saturated rings. The van der Waals surface area contributed by atoms with Crippen molar-refractivity contribution in [1.29, 1.82) is 0 Å². The third-order valence-electron chi connectivity index (χ3n) is 3.74. The van der Waals surface area contributed by atoms with Crippen molar-refractivity contribution in [3.05, 3.63) is 81.7 Å². The van der Waals surface area contributed by atoms with Gasteiger partial charge in [0.05, 0.1) is 27.4 Å². The van der Waals surface area contributed by atoms with Crippen LogP contribution in [0.15, 0.2) is 64.6 Å². The molecule has 0 atom stereocenters. The van der Waals surface area contributed by atoms with Gasteiger partial charge in [-0.2, -0.15) is 0 Å². The maximum Gasteiger partial charge on any atom is 0.269 e. The number of carbonyl (C=O) groups is 2. The Morgan fingerprint density at radius 1 is 1.19 bits per heavy atom. The number of nitro groups is 1. The maximum atomic E-state index is 12.7. The van der Waals surface area contributed by atoms with Crippen LogP contribution in [0.3, 0.4) is 0 Å². The number of imide groups is 1. The molecular weight excluding hydrogens is 356 g/mol. The second kappa shape index (κ2) is 7.40. The lowest BCUT2D eigenvalue weighted by atomic mass is 10.1. The highest BCUT2D eigenvalue weighted by atomic mass is 32.2. The Morgan fingerprint density at radius 2 is 1.92 bits per heavy atom. The highest BCUT2D eigenvalue weighted by Gasteiger charge is 2.38. The van der Waals surface area contributed by atoms with Gasteiger partial charge in [-0.3, -0.25) is 24.6 Å². The summed E-state index contributed by atoms with van der Waals surface area (Å²) in [6, 6.07) is 9.10. The van der Waals surface area contributed by atoms with Gasteiger partial charge >= 0.3 is 0 Å². The average Bonchev–Trinajstić information content (AvgIpc) is 3.22. The number of benzene rings is 1. The van der Waals surface area contributed by atoms with Gasteiger partial charge in [0.25, 0.3) is 17.5 Å². The molecule has 1 aliphatic heterocycles. The zero-order chi connectivity index (χ0) is 18.7. The van der Waals surface area contributed by atoms with Crippen molar-refractivity contribution >= 4 is 34.8 Å². The van der Waals surface area contributed by atoms with E-state index in [1.165, 1.54) is 48.4 Å². The topological polar surface area (TPSA) is 93.7 Å². The first-order chi connectivity index (χ1) is 12.5. The summed E-state index contributed by atoms with van der Waals surface area (Å²) in [7, 11) is 0. The first-order valence-electron chi connectivity index (χ1n) is 7.64. The smallest absolute Gasteiger partial charge is 0.269 e. The fraction of sp³-hybridized carbons (Fsp3) is 0.111. The molecule has 0 saturated heterocycles. The van der Waals surface area contributed by atoms with Crippen LogP contribution < -0.4 is 0 Å². The van der Waals surface area contributed by atoms with Crippen LogP contribution in [0.25, 0.3) is 5.57 Å². The van der Waals surface area contributed by atoms with Crippen LogP contribution in [0, 0.1) is 10.1 Å². The molecule has 0 spiro atoms. The molecule has 0 bridgehead atoms. The molecule has 0 unspecified atom stereocenters. The van der Waals surface area contributed by atoms with Crippen molar-refractivity contribution in [3.63, 3.8) is 0 Å². The number of hydrogen-bond acceptors (Lipinski definition) is 6. The lowest BCUT2D eigenvalue weighted by Gasteiger charge is -2.11. The van der Waals surface area contributed by atoms with E-state index < -0.39 is 16.7 Å². The summed E-state index contributed by atoms with van der Waals surface area (Å²) >= 11 is 1.20. The van der Waals surface area contributed by atoms with E-state index >= 15 is 0 Å². The Balaban J connectivity index is 1.98. The molecule has 3 rings (SSSR count). The summed E-state index contributed by atoms with van der Waals surface area (Å²) in [5.74, 6) is 0.221. The first kappa shape index (κ1) is 17.7. The Bertz CT molecular complexity index is 900. The maximum absolute atomic E-state index is 12.7. The number of carbonyl (C=O) groups excluding carboxylic acids is 2. The molecule has 0 aliphatic carbocycles. The summed E-state index contributed by atoms with van der Waals surface area (Å²) in [6.07, 6.45) is 3.01. The third kappa shape index (κ3) is 3.31. The predicted octanol–water partition coefficient (Wildman–Crippen LogP) is 3.39. The van der Waals surface area contributed by atoms with Gasteiger partial charge in [-0.1, -0.05) is 6.08 Å². The van der Waals surface area contributed by atoms with Crippen LogP contribution in [-0.2, 0) is 15.3 Å². The summed E-state index contributed by atoms with van der Waals surface area (Å²) in [5, 5.41) is 10.8. The fourth-order valence-electron chi connectivity index (χ4n) is 2.53. The van der Waals surface area contributed by atoms with Crippen LogP contribution in [0.5, 0.6) is 0 Å². The minimum Gasteiger partial charge on any atom is -0.468 e. The molecule has 2 heterocycles. The molecule has 1 aromatic heterocycles. The molecule has 2 amide bonds. The van der Waals surface area contributed by atoms with E-state index in [1.807, 2.05) is 0 Å². The van der Waals surface area contributed by atoms with Gasteiger partial charge in [0.1, 0.15) is 5.76 Å². The van der Waals surface area contributed by atoms with E-state index in [4.69, 9.17) is 4.42 Å². The minimum atomic E-state index is -0.517. The Kier molecular flexibility index (Phi) is 5.04. The number of furan rings is 1. The standard InChI is InChI=1S/C18H14N2O5S/c1-2-9-19-17(21)15(12-5-7-13(8-6-12)20(23)24)16(18(19)22)26-11-14-4-3-10-25-14/h2-8,10H,1,9,11H2. The van der Waals surface area contributed by atoms with Crippen LogP contribution in [0.4, 0.5) is 5.69 Å². The van der Waals surface area contributed by atoms with Gasteiger partial charge in [0.2, 0.25) is 0 Å². The van der Waals surface area contributed by atoms with Crippen molar-refractivity contribution in [2.75, 3.05) is 6.54 Å². The second-order valence-electron chi connectivity index (χ2n) is 5.39. The third-order valence-corrected chi connectivity index (χ3v) is 4.84. The van der Waals surface area contributed by atoms with Gasteiger partial charge in [0, 0.05) is 18.7 Å². The normalized spacial score (nSPS) is 14.2. The number of non-ortho nitro benzene ring substituents is 1. The molecule has 1 aromatic carbocycles. The average molecular weight is 370 g/mol. The number of thioether (sulfide) groups is 1. The van der Waals surface area contributed by atoms with Crippen LogP contribution >= 0.6 is 11.8 Å². The molecule has 1 aliphatic rings. The van der Waals surface area contributed by atoms with Crippen molar-refractivity contribution in [2.45, 2.75) is 5.75 Å². The second-order valence-corrected chi connectivity index (χ2v) is 6.37. The SMILES string of the molecule is C=CCN1C(=O)C(SCc2ccco2)=C(c2ccc([N+](=O)[O-])cc2)C1=O. The van der Waals surface area contributed by atoms with Crippen molar-refractivity contribution < 1.29 is 18.9 Å². The molecule has 26 heavy (non-hydrogen) atoms. The summed E-state index contributed by atoms with van der Waals surface area (Å²) in [4.78, 5) is 37.1. The number of nitrogens with zero attached hydrogens (tertiary/aromatic N) is 2. The Morgan fingerprint density at radius 3 is 2.50 bits per heavy atom. The van der Waals surface area contributed by atoms with E-state index in [2.05, 4.69) is 6.58 Å². The summed E-state index contributed by atoms with van der Waals surface area (Å²) in [5.41, 5.74) is 0.615. The van der Waals surface area contributed by atoms with E-state index in [0.29, 0.717) is 22.0 Å². The lowest BCUT2D eigenvalue weighted by Crippen LogP contribution is -2.31. The number of rotatable bonds is 7. The van der Waals surface area contributed by atoms with Crippen LogP contribution in [0.2, 0.25) is 0 Å². The quantitative estimate of drug-likeness (QED) is 0.321. The van der Waals surface area contributed by atoms with Crippen molar-refractivity contribution in [2.24, 2.45) is 0 Å². The van der Waals surface area contributed by atoms with Gasteiger partial charge in [-0.25, -0.2) is 0 Å². The zero-order valence-electron chi connectivity index (χ0n) is 13.6. The highest BCUT2D eigenvalue weighted by molar-refractivity contribution is 8.03. The molecule has 0 saturated carbocycles. The van der Waals surface area contributed by atoms with Crippen molar-refractivity contribution in [1.82, 2.24) is 4.90 Å². The lowest BCUT2D eigenvalue weighted by molar-refractivity contribution is -0.384. The molecule has 0 radical (unpaired) electrons. The Hall–Kier alpha value is -3.13. The molecular formula is C18H14N2O5S. The number of nitro benzene ring substituents is 1. The zero-order valence-corrected chi connectivity index (χ0v) is 14.4. The summed E-state index contributed by atoms with van der Waals surface area (Å²) in [6.45, 7) is 3.67. The molecule has 7 nitrogen and oxygen atoms in total. The van der Waals surface area contributed by atoms with Gasteiger partial charge in [0.15, 0.2) is 0 Å². The monoisotopic (exact) mass is 370 g/mol. The molecule has 2 aromatic rings. The van der Waals surface area contributed by atoms with Gasteiger partial charge in [-0.05, 0) is 29.8 Å². The largest absolute Gasteiger partial charge is 0.468 e. The minimum absolute atomic E-state index is 0.0844. The number of amides is 2. The highest BCUT2D eigenvalue weighted by Crippen LogP contribution is 2.37. The van der Waals surface area contributed by atoms with E-state index in [1.54, 1.807) is 12.1 Å². The fourth-order valence-corrected chi connectivity index (χ4v) is 3.56. The van der Waals surface area contributed by atoms with Gasteiger partial charge < -0.3 is 4.42 Å². The number of hydrogen-bond donors (Lipinski definition) is 0. The van der Waals surface area contributed by atoms with Crippen molar-refractivity contribution in [3.8, 4) is 0 Å². The summed E-state index contributed by atoms with van der Waals surface area (Å²) < 4.78 is 5.27. The van der Waals surface area contributed by atoms with Crippen LogP contribution in [-0.4, -0.2) is 28.2 Å². The van der Waals surface area contributed by atoms with E-state index in [9.17, 15) is 19.7 Å². The van der Waals surface area contributed by atoms with Crippen LogP contribution in [0.1, 0.15) is 11.3 Å². The molecule has 0 N–H and O–H groups in total.